The van der Waals surface area contributed by atoms with Crippen LogP contribution in [0.15, 0.2) is 52.7 Å². The Labute approximate surface area is 118 Å². The third-order valence-corrected chi connectivity index (χ3v) is 2.57. The van der Waals surface area contributed by atoms with Gasteiger partial charge in [0.2, 0.25) is 0 Å². The number of nitrogens with zero attached hydrogens (tertiary/aromatic N) is 3. The van der Waals surface area contributed by atoms with Crippen molar-refractivity contribution in [3.8, 4) is 5.75 Å². The van der Waals surface area contributed by atoms with Crippen LogP contribution >= 0.6 is 0 Å². The number of hydrogen-bond acceptors (Lipinski definition) is 6. The molecule has 0 aromatic heterocycles. The third-order valence-electron chi connectivity index (χ3n) is 2.57. The van der Waals surface area contributed by atoms with E-state index in [1.165, 1.54) is 24.3 Å². The summed E-state index contributed by atoms with van der Waals surface area (Å²) in [5.41, 5.74) is -0.407. The Balaban J connectivity index is 2.40. The lowest BCUT2D eigenvalue weighted by Gasteiger charge is -2.00. The van der Waals surface area contributed by atoms with Crippen LogP contribution in [0.2, 0.25) is 0 Å². The summed E-state index contributed by atoms with van der Waals surface area (Å²) in [7, 11) is 0. The lowest BCUT2D eigenvalue weighted by Crippen LogP contribution is -1.94. The van der Waals surface area contributed by atoms with Crippen molar-refractivity contribution >= 4 is 23.0 Å². The average Bonchev–Trinajstić information content (AvgIpc) is 2.46. The molecule has 0 aliphatic heterocycles. The number of carboxylic acid groups (broad SMARTS) is 1. The van der Waals surface area contributed by atoms with Crippen LogP contribution in [-0.4, -0.2) is 21.1 Å². The molecule has 0 amide bonds. The molecule has 21 heavy (non-hydrogen) atoms. The molecule has 0 saturated carbocycles. The molecule has 2 N–H and O–H groups in total. The van der Waals surface area contributed by atoms with Crippen LogP contribution in [0.1, 0.15) is 10.4 Å². The monoisotopic (exact) mass is 287 g/mol. The molecule has 0 spiro atoms. The SMILES string of the molecule is O=C(O)c1ccc(O)c(N=Nc2ccccc2[N+](=O)[O-])c1. The van der Waals surface area contributed by atoms with Crippen molar-refractivity contribution in [3.63, 3.8) is 0 Å². The maximum atomic E-state index is 10.8. The van der Waals surface area contributed by atoms with Crippen molar-refractivity contribution in [2.24, 2.45) is 10.2 Å². The van der Waals surface area contributed by atoms with Crippen molar-refractivity contribution in [1.29, 1.82) is 0 Å². The number of nitro groups is 1. The first kappa shape index (κ1) is 14.1. The molecule has 8 nitrogen and oxygen atoms in total. The molecule has 2 rings (SSSR count). The lowest BCUT2D eigenvalue weighted by atomic mass is 10.2. The number of nitro benzene ring substituents is 1. The Morgan fingerprint density at radius 3 is 2.43 bits per heavy atom. The van der Waals surface area contributed by atoms with E-state index in [0.717, 1.165) is 12.1 Å². The number of phenols is 1. The molecule has 0 fully saturated rings. The molecule has 0 bridgehead atoms. The van der Waals surface area contributed by atoms with E-state index in [2.05, 4.69) is 10.2 Å². The van der Waals surface area contributed by atoms with Gasteiger partial charge in [0.25, 0.3) is 5.69 Å². The quantitative estimate of drug-likeness (QED) is 0.506. The van der Waals surface area contributed by atoms with E-state index in [-0.39, 0.29) is 28.4 Å². The fourth-order valence-corrected chi connectivity index (χ4v) is 1.55. The molecule has 106 valence electrons. The van der Waals surface area contributed by atoms with E-state index in [9.17, 15) is 20.0 Å². The summed E-state index contributed by atoms with van der Waals surface area (Å²) in [6, 6.07) is 9.19. The highest BCUT2D eigenvalue weighted by Crippen LogP contribution is 2.32. The van der Waals surface area contributed by atoms with Crippen LogP contribution < -0.4 is 0 Å². The predicted octanol–water partition coefficient (Wildman–Crippen LogP) is 3.41. The van der Waals surface area contributed by atoms with E-state index >= 15 is 0 Å². The van der Waals surface area contributed by atoms with Crippen molar-refractivity contribution in [1.82, 2.24) is 0 Å². The number of carbonyl (C=O) groups is 1. The molecule has 0 unspecified atom stereocenters. The largest absolute Gasteiger partial charge is 0.506 e. The molecule has 2 aromatic carbocycles. The number of rotatable bonds is 4. The Morgan fingerprint density at radius 2 is 1.76 bits per heavy atom. The summed E-state index contributed by atoms with van der Waals surface area (Å²) >= 11 is 0. The third kappa shape index (κ3) is 3.18. The van der Waals surface area contributed by atoms with E-state index in [4.69, 9.17) is 5.11 Å². The minimum absolute atomic E-state index is 0.00243. The zero-order valence-corrected chi connectivity index (χ0v) is 10.5. The van der Waals surface area contributed by atoms with Gasteiger partial charge in [0.15, 0.2) is 5.69 Å². The molecule has 0 heterocycles. The first-order chi connectivity index (χ1) is 9.99. The van der Waals surface area contributed by atoms with Gasteiger partial charge in [-0.25, -0.2) is 4.79 Å². The summed E-state index contributed by atoms with van der Waals surface area (Å²) < 4.78 is 0. The van der Waals surface area contributed by atoms with E-state index in [1.54, 1.807) is 6.07 Å². The first-order valence-corrected chi connectivity index (χ1v) is 5.70. The maximum Gasteiger partial charge on any atom is 0.335 e. The van der Waals surface area contributed by atoms with Crippen LogP contribution in [0, 0.1) is 10.1 Å². The van der Waals surface area contributed by atoms with Crippen LogP contribution in [0.5, 0.6) is 5.75 Å². The van der Waals surface area contributed by atoms with Crippen molar-refractivity contribution in [3.05, 3.63) is 58.1 Å². The highest BCUT2D eigenvalue weighted by atomic mass is 16.6. The molecule has 0 radical (unpaired) electrons. The highest BCUT2D eigenvalue weighted by molar-refractivity contribution is 5.89. The standard InChI is InChI=1S/C13H9N3O5/c17-12-6-5-8(13(18)19)7-10(12)15-14-9-3-1-2-4-11(9)16(20)21/h1-7,17H,(H,18,19). The Bertz CT molecular complexity index is 742. The summed E-state index contributed by atoms with van der Waals surface area (Å²) in [5, 5.41) is 36.6. The number of hydrogen-bond donors (Lipinski definition) is 2. The van der Waals surface area contributed by atoms with E-state index in [0.29, 0.717) is 0 Å². The fourth-order valence-electron chi connectivity index (χ4n) is 1.55. The molecule has 2 aromatic rings. The average molecular weight is 287 g/mol. The minimum atomic E-state index is -1.18. The Morgan fingerprint density at radius 1 is 1.10 bits per heavy atom. The molecule has 8 heteroatoms. The fraction of sp³-hybridized carbons (Fsp3) is 0. The lowest BCUT2D eigenvalue weighted by molar-refractivity contribution is -0.384. The summed E-state index contributed by atoms with van der Waals surface area (Å²) in [4.78, 5) is 21.0. The van der Waals surface area contributed by atoms with Gasteiger partial charge in [0, 0.05) is 6.07 Å². The van der Waals surface area contributed by atoms with E-state index < -0.39 is 10.9 Å². The van der Waals surface area contributed by atoms with Gasteiger partial charge in [-0.2, -0.15) is 0 Å². The minimum Gasteiger partial charge on any atom is -0.506 e. The van der Waals surface area contributed by atoms with Gasteiger partial charge in [0.1, 0.15) is 11.4 Å². The molecule has 0 aliphatic carbocycles. The predicted molar refractivity (Wildman–Crippen MR) is 72.3 cm³/mol. The van der Waals surface area contributed by atoms with Crippen LogP contribution in [-0.2, 0) is 0 Å². The number of azo groups is 1. The number of aromatic carboxylic acids is 1. The molecule has 0 saturated heterocycles. The Kier molecular flexibility index (Phi) is 3.89. The highest BCUT2D eigenvalue weighted by Gasteiger charge is 2.12. The van der Waals surface area contributed by atoms with Gasteiger partial charge in [-0.1, -0.05) is 12.1 Å². The number of para-hydroxylation sites is 1. The second-order valence-corrected chi connectivity index (χ2v) is 3.95. The normalized spacial score (nSPS) is 10.7. The Hall–Kier alpha value is -3.29. The molecule has 0 atom stereocenters. The van der Waals surface area contributed by atoms with Gasteiger partial charge >= 0.3 is 5.97 Å². The smallest absolute Gasteiger partial charge is 0.335 e. The van der Waals surface area contributed by atoms with Gasteiger partial charge in [0.05, 0.1) is 10.5 Å². The number of carboxylic acids is 1. The first-order valence-electron chi connectivity index (χ1n) is 5.70. The zero-order valence-electron chi connectivity index (χ0n) is 10.5. The number of aromatic hydroxyl groups is 1. The van der Waals surface area contributed by atoms with Crippen LogP contribution in [0.25, 0.3) is 0 Å². The van der Waals surface area contributed by atoms with Gasteiger partial charge in [-0.05, 0) is 24.3 Å². The maximum absolute atomic E-state index is 10.8. The molecular weight excluding hydrogens is 278 g/mol. The number of phenolic OH excluding ortho intramolecular Hbond substituents is 1. The molecular formula is C13H9N3O5. The van der Waals surface area contributed by atoms with Crippen molar-refractivity contribution in [2.75, 3.05) is 0 Å². The van der Waals surface area contributed by atoms with Gasteiger partial charge in [-0.15, -0.1) is 10.2 Å². The van der Waals surface area contributed by atoms with Crippen molar-refractivity contribution < 1.29 is 19.9 Å². The summed E-state index contributed by atoms with van der Waals surface area (Å²) in [5.74, 6) is -1.46. The second kappa shape index (κ2) is 5.78. The van der Waals surface area contributed by atoms with Crippen LogP contribution in [0.3, 0.4) is 0 Å². The second-order valence-electron chi connectivity index (χ2n) is 3.95. The summed E-state index contributed by atoms with van der Waals surface area (Å²) in [6.07, 6.45) is 0. The molecule has 0 aliphatic rings. The van der Waals surface area contributed by atoms with Crippen LogP contribution in [0.4, 0.5) is 17.1 Å². The van der Waals surface area contributed by atoms with E-state index in [1.807, 2.05) is 0 Å². The van der Waals surface area contributed by atoms with Gasteiger partial charge in [-0.3, -0.25) is 10.1 Å². The van der Waals surface area contributed by atoms with Crippen molar-refractivity contribution in [2.45, 2.75) is 0 Å². The number of benzene rings is 2. The van der Waals surface area contributed by atoms with Gasteiger partial charge < -0.3 is 10.2 Å². The zero-order chi connectivity index (χ0) is 15.4. The topological polar surface area (TPSA) is 125 Å². The summed E-state index contributed by atoms with van der Waals surface area (Å²) in [6.45, 7) is 0.